The third kappa shape index (κ3) is 7.27. The molecule has 0 spiro atoms. The summed E-state index contributed by atoms with van der Waals surface area (Å²) in [6.07, 6.45) is 8.58. The van der Waals surface area contributed by atoms with Crippen LogP contribution in [0.1, 0.15) is 50.7 Å². The van der Waals surface area contributed by atoms with Gasteiger partial charge in [0.05, 0.1) is 25.1 Å². The van der Waals surface area contributed by atoms with E-state index in [0.29, 0.717) is 29.9 Å². The van der Waals surface area contributed by atoms with Crippen molar-refractivity contribution in [3.05, 3.63) is 113 Å². The zero-order valence-electron chi connectivity index (χ0n) is 26.5. The third-order valence-electron chi connectivity index (χ3n) is 8.07. The first-order chi connectivity index (χ1) is 22.4. The van der Waals surface area contributed by atoms with Gasteiger partial charge in [0.2, 0.25) is 0 Å². The Kier molecular flexibility index (Phi) is 10.5. The highest BCUT2D eigenvalue weighted by Gasteiger charge is 2.35. The van der Waals surface area contributed by atoms with Gasteiger partial charge in [0.1, 0.15) is 23.1 Å². The fourth-order valence-electron chi connectivity index (χ4n) is 5.38. The second-order valence-corrected chi connectivity index (χ2v) is 11.2. The number of benzene rings is 3. The van der Waals surface area contributed by atoms with Gasteiger partial charge in [-0.2, -0.15) is 10.4 Å². The van der Waals surface area contributed by atoms with Crippen molar-refractivity contribution >= 4 is 17.9 Å². The molecule has 0 saturated heterocycles. The second-order valence-electron chi connectivity index (χ2n) is 11.2. The van der Waals surface area contributed by atoms with E-state index in [4.69, 9.17) is 14.6 Å². The Balaban J connectivity index is 1.48. The Bertz CT molecular complexity index is 1780. The average Bonchev–Trinajstić information content (AvgIpc) is 3.51. The molecule has 234 valence electrons. The molecule has 5 rings (SSSR count). The molecule has 0 fully saturated rings. The summed E-state index contributed by atoms with van der Waals surface area (Å²) in [7, 11) is 1.60. The number of unbranched alkanes of at least 4 members (excludes halogenated alkanes) is 3. The Labute approximate surface area is 270 Å². The van der Waals surface area contributed by atoms with E-state index in [1.54, 1.807) is 24.8 Å². The van der Waals surface area contributed by atoms with Crippen LogP contribution in [0, 0.1) is 11.3 Å². The number of nitrogens with zero attached hydrogens (tertiary/aromatic N) is 4. The van der Waals surface area contributed by atoms with Gasteiger partial charge in [-0.3, -0.25) is 14.5 Å². The fraction of sp³-hybridized carbons (Fsp3) is 0.263. The molecule has 3 aromatic carbocycles. The van der Waals surface area contributed by atoms with E-state index in [2.05, 4.69) is 6.92 Å². The minimum atomic E-state index is -0.582. The van der Waals surface area contributed by atoms with Gasteiger partial charge in [0.25, 0.3) is 11.8 Å². The van der Waals surface area contributed by atoms with Crippen molar-refractivity contribution in [2.24, 2.45) is 0 Å². The second kappa shape index (κ2) is 15.0. The van der Waals surface area contributed by atoms with Gasteiger partial charge in [-0.05, 0) is 85.5 Å². The Morgan fingerprint density at radius 2 is 1.61 bits per heavy atom. The molecule has 4 aromatic rings. The summed E-state index contributed by atoms with van der Waals surface area (Å²) < 4.78 is 12.9. The number of para-hydroxylation sites is 1. The molecule has 1 aromatic heterocycles. The van der Waals surface area contributed by atoms with E-state index in [9.17, 15) is 14.9 Å². The average molecular weight is 615 g/mol. The zero-order valence-corrected chi connectivity index (χ0v) is 26.5. The molecule has 46 heavy (non-hydrogen) atoms. The number of amides is 2. The lowest BCUT2D eigenvalue weighted by Gasteiger charge is -2.27. The smallest absolute Gasteiger partial charge is 0.271 e. The number of carbonyl (C=O) groups is 2. The third-order valence-corrected chi connectivity index (χ3v) is 8.07. The normalized spacial score (nSPS) is 14.1. The quantitative estimate of drug-likeness (QED) is 0.0888. The van der Waals surface area contributed by atoms with Crippen LogP contribution >= 0.6 is 0 Å². The van der Waals surface area contributed by atoms with E-state index >= 15 is 0 Å². The molecular formula is C38H38N4O4. The fourth-order valence-corrected chi connectivity index (χ4v) is 5.38. The lowest BCUT2D eigenvalue weighted by Crippen LogP contribution is -2.43. The van der Waals surface area contributed by atoms with Crippen LogP contribution in [0.3, 0.4) is 0 Å². The number of hydrogen-bond acceptors (Lipinski definition) is 6. The molecule has 0 radical (unpaired) electrons. The highest BCUT2D eigenvalue weighted by molar-refractivity contribution is 6.19. The van der Waals surface area contributed by atoms with Crippen molar-refractivity contribution in [1.29, 1.82) is 5.26 Å². The number of hydrogen-bond donors (Lipinski definition) is 0. The number of ether oxygens (including phenoxy) is 2. The number of rotatable bonds is 13. The molecule has 0 aliphatic carbocycles. The van der Waals surface area contributed by atoms with Crippen LogP contribution < -0.4 is 9.47 Å². The Morgan fingerprint density at radius 1 is 0.891 bits per heavy atom. The number of methoxy groups -OCH3 is 1. The van der Waals surface area contributed by atoms with Crippen LogP contribution in [0.5, 0.6) is 11.5 Å². The minimum absolute atomic E-state index is 0.0435. The van der Waals surface area contributed by atoms with Crippen molar-refractivity contribution in [1.82, 2.24) is 14.7 Å². The van der Waals surface area contributed by atoms with Crippen molar-refractivity contribution in [2.75, 3.05) is 20.3 Å². The summed E-state index contributed by atoms with van der Waals surface area (Å²) >= 11 is 0. The Hall–Kier alpha value is -5.42. The van der Waals surface area contributed by atoms with Gasteiger partial charge in [0, 0.05) is 29.4 Å². The van der Waals surface area contributed by atoms with E-state index in [1.807, 2.05) is 91.1 Å². The van der Waals surface area contributed by atoms with Gasteiger partial charge in [-0.25, -0.2) is 4.68 Å². The highest BCUT2D eigenvalue weighted by atomic mass is 16.5. The molecule has 0 saturated carbocycles. The standard InChI is InChI=1S/C38H38N4O4/c1-4-5-6-10-23-46-33-19-15-29(16-20-33)36-30(26-42(40-36)31-11-8-7-9-12-31)24-34-27(2)35(25-39)38(44)41(37(34)43)22-21-28-13-17-32(45-3)18-14-28/h7-9,11-20,24,26H,4-6,10,21-23H2,1-3H3/b34-24+. The van der Waals surface area contributed by atoms with Crippen molar-refractivity contribution in [2.45, 2.75) is 46.0 Å². The lowest BCUT2D eigenvalue weighted by atomic mass is 9.93. The number of imide groups is 1. The number of aromatic nitrogens is 2. The molecule has 0 atom stereocenters. The SMILES string of the molecule is CCCCCCOc1ccc(-c2nn(-c3ccccc3)cc2/C=C2/C(=O)N(CCc3ccc(OC)cc3)C(=O)C(C#N)=C2C)cc1. The van der Waals surface area contributed by atoms with Gasteiger partial charge in [-0.15, -0.1) is 0 Å². The molecule has 1 aliphatic rings. The van der Waals surface area contributed by atoms with E-state index in [1.165, 1.54) is 12.8 Å². The van der Waals surface area contributed by atoms with Gasteiger partial charge >= 0.3 is 0 Å². The van der Waals surface area contributed by atoms with Crippen LogP contribution in [-0.4, -0.2) is 46.8 Å². The first kappa shape index (κ1) is 32.0. The van der Waals surface area contributed by atoms with Gasteiger partial charge in [-0.1, -0.05) is 56.5 Å². The summed E-state index contributed by atoms with van der Waals surface area (Å²) in [5, 5.41) is 14.8. The summed E-state index contributed by atoms with van der Waals surface area (Å²) in [5.74, 6) is 0.482. The molecule has 0 bridgehead atoms. The molecule has 0 N–H and O–H groups in total. The van der Waals surface area contributed by atoms with Crippen LogP contribution in [-0.2, 0) is 16.0 Å². The zero-order chi connectivity index (χ0) is 32.5. The summed E-state index contributed by atoms with van der Waals surface area (Å²) in [6, 6.07) is 27.0. The number of carbonyl (C=O) groups excluding carboxylic acids is 2. The summed E-state index contributed by atoms with van der Waals surface area (Å²) in [6.45, 7) is 4.64. The van der Waals surface area contributed by atoms with Crippen molar-refractivity contribution < 1.29 is 19.1 Å². The maximum Gasteiger partial charge on any atom is 0.271 e. The van der Waals surface area contributed by atoms with Gasteiger partial charge in [0.15, 0.2) is 0 Å². The van der Waals surface area contributed by atoms with Crippen LogP contribution in [0.4, 0.5) is 0 Å². The van der Waals surface area contributed by atoms with Crippen molar-refractivity contribution in [3.8, 4) is 34.5 Å². The maximum absolute atomic E-state index is 13.9. The molecule has 0 unspecified atom stereocenters. The monoisotopic (exact) mass is 614 g/mol. The molecule has 1 aliphatic heterocycles. The lowest BCUT2D eigenvalue weighted by molar-refractivity contribution is -0.140. The molecule has 2 heterocycles. The first-order valence-corrected chi connectivity index (χ1v) is 15.6. The largest absolute Gasteiger partial charge is 0.497 e. The molecule has 8 nitrogen and oxygen atoms in total. The molecule has 8 heteroatoms. The first-order valence-electron chi connectivity index (χ1n) is 15.6. The topological polar surface area (TPSA) is 97.4 Å². The predicted octanol–water partition coefficient (Wildman–Crippen LogP) is 7.34. The highest BCUT2D eigenvalue weighted by Crippen LogP contribution is 2.32. The van der Waals surface area contributed by atoms with Crippen LogP contribution in [0.25, 0.3) is 23.0 Å². The summed E-state index contributed by atoms with van der Waals surface area (Å²) in [5.41, 5.74) is 4.58. The predicted molar refractivity (Wildman–Crippen MR) is 178 cm³/mol. The van der Waals surface area contributed by atoms with E-state index in [-0.39, 0.29) is 17.7 Å². The van der Waals surface area contributed by atoms with E-state index in [0.717, 1.165) is 46.1 Å². The minimum Gasteiger partial charge on any atom is -0.497 e. The number of nitriles is 1. The van der Waals surface area contributed by atoms with Crippen LogP contribution in [0.15, 0.2) is 102 Å². The van der Waals surface area contributed by atoms with Crippen molar-refractivity contribution in [3.63, 3.8) is 0 Å². The van der Waals surface area contributed by atoms with E-state index < -0.39 is 11.8 Å². The summed E-state index contributed by atoms with van der Waals surface area (Å²) in [4.78, 5) is 28.3. The Morgan fingerprint density at radius 3 is 2.28 bits per heavy atom. The molecule has 2 amide bonds. The van der Waals surface area contributed by atoms with Gasteiger partial charge < -0.3 is 9.47 Å². The maximum atomic E-state index is 13.9. The van der Waals surface area contributed by atoms with Crippen LogP contribution in [0.2, 0.25) is 0 Å². The molecular weight excluding hydrogens is 576 g/mol.